The molecule has 0 aliphatic rings. The molecular formula is C11H9F3N2O2. The van der Waals surface area contributed by atoms with Crippen LogP contribution in [0.4, 0.5) is 13.2 Å². The van der Waals surface area contributed by atoms with Gasteiger partial charge in [0.15, 0.2) is 0 Å². The molecule has 0 bridgehead atoms. The number of hydrogen-bond acceptors (Lipinski definition) is 3. The number of aromatic nitrogens is 2. The van der Waals surface area contributed by atoms with Crippen LogP contribution in [0.3, 0.4) is 0 Å². The van der Waals surface area contributed by atoms with E-state index in [0.29, 0.717) is 5.56 Å². The molecule has 0 aliphatic heterocycles. The van der Waals surface area contributed by atoms with Crippen LogP contribution in [0, 0.1) is 0 Å². The van der Waals surface area contributed by atoms with Gasteiger partial charge >= 0.3 is 6.36 Å². The van der Waals surface area contributed by atoms with Gasteiger partial charge in [0.2, 0.25) is 0 Å². The third-order valence-corrected chi connectivity index (χ3v) is 2.22. The van der Waals surface area contributed by atoms with Crippen molar-refractivity contribution in [2.45, 2.75) is 6.36 Å². The number of phenols is 1. The highest BCUT2D eigenvalue weighted by Crippen LogP contribution is 2.34. The number of nitrogens with zero attached hydrogens (tertiary/aromatic N) is 2. The van der Waals surface area contributed by atoms with Crippen molar-refractivity contribution in [3.63, 3.8) is 0 Å². The molecule has 1 aromatic carbocycles. The fourth-order valence-electron chi connectivity index (χ4n) is 1.50. The molecule has 0 saturated carbocycles. The van der Waals surface area contributed by atoms with Crippen LogP contribution in [0.2, 0.25) is 0 Å². The highest BCUT2D eigenvalue weighted by atomic mass is 19.4. The lowest BCUT2D eigenvalue weighted by atomic mass is 10.1. The molecule has 96 valence electrons. The number of hydrogen-bond donors (Lipinski definition) is 1. The lowest BCUT2D eigenvalue weighted by Gasteiger charge is -2.10. The lowest BCUT2D eigenvalue weighted by molar-refractivity contribution is -0.274. The van der Waals surface area contributed by atoms with E-state index in [-0.39, 0.29) is 17.1 Å². The van der Waals surface area contributed by atoms with E-state index < -0.39 is 6.36 Å². The summed E-state index contributed by atoms with van der Waals surface area (Å²) >= 11 is 0. The van der Waals surface area contributed by atoms with E-state index in [0.717, 1.165) is 18.2 Å². The SMILES string of the molecule is Cn1cc(-c2cc(OC(F)(F)F)ccc2O)cn1. The first-order chi connectivity index (χ1) is 8.35. The molecule has 18 heavy (non-hydrogen) atoms. The Morgan fingerprint density at radius 1 is 1.33 bits per heavy atom. The van der Waals surface area contributed by atoms with Gasteiger partial charge in [0, 0.05) is 24.4 Å². The highest BCUT2D eigenvalue weighted by molar-refractivity contribution is 5.70. The molecule has 0 spiro atoms. The maximum atomic E-state index is 12.1. The third kappa shape index (κ3) is 2.73. The molecule has 0 aliphatic carbocycles. The molecule has 0 unspecified atom stereocenters. The Hall–Kier alpha value is -2.18. The lowest BCUT2D eigenvalue weighted by Crippen LogP contribution is -2.17. The van der Waals surface area contributed by atoms with Crippen molar-refractivity contribution in [1.82, 2.24) is 9.78 Å². The predicted molar refractivity (Wildman–Crippen MR) is 57.0 cm³/mol. The van der Waals surface area contributed by atoms with Gasteiger partial charge in [-0.2, -0.15) is 5.10 Å². The topological polar surface area (TPSA) is 47.3 Å². The van der Waals surface area contributed by atoms with Gasteiger partial charge in [-0.15, -0.1) is 13.2 Å². The average molecular weight is 258 g/mol. The molecule has 2 rings (SSSR count). The van der Waals surface area contributed by atoms with Gasteiger partial charge in [0.05, 0.1) is 6.20 Å². The smallest absolute Gasteiger partial charge is 0.507 e. The minimum Gasteiger partial charge on any atom is -0.507 e. The van der Waals surface area contributed by atoms with Gasteiger partial charge in [-0.1, -0.05) is 0 Å². The van der Waals surface area contributed by atoms with Crippen LogP contribution < -0.4 is 4.74 Å². The molecule has 0 atom stereocenters. The summed E-state index contributed by atoms with van der Waals surface area (Å²) in [6.07, 6.45) is -1.75. The molecule has 1 N–H and O–H groups in total. The maximum Gasteiger partial charge on any atom is 0.573 e. The summed E-state index contributed by atoms with van der Waals surface area (Å²) in [7, 11) is 1.66. The number of alkyl halides is 3. The van der Waals surface area contributed by atoms with E-state index >= 15 is 0 Å². The van der Waals surface area contributed by atoms with Gasteiger partial charge in [0.25, 0.3) is 0 Å². The number of phenolic OH excluding ortho intramolecular Hbond substituents is 1. The fourth-order valence-corrected chi connectivity index (χ4v) is 1.50. The molecule has 2 aromatic rings. The van der Waals surface area contributed by atoms with Crippen LogP contribution in [0.15, 0.2) is 30.6 Å². The summed E-state index contributed by atoms with van der Waals surface area (Å²) in [6, 6.07) is 3.30. The van der Waals surface area contributed by atoms with Crippen molar-refractivity contribution in [3.05, 3.63) is 30.6 Å². The summed E-state index contributed by atoms with van der Waals surface area (Å²) in [5.74, 6) is -0.531. The van der Waals surface area contributed by atoms with E-state index in [1.807, 2.05) is 0 Å². The Labute approximate surface area is 100 Å². The number of benzene rings is 1. The van der Waals surface area contributed by atoms with Crippen LogP contribution in [-0.2, 0) is 7.05 Å². The quantitative estimate of drug-likeness (QED) is 0.900. The van der Waals surface area contributed by atoms with E-state index in [2.05, 4.69) is 9.84 Å². The average Bonchev–Trinajstić information content (AvgIpc) is 2.66. The Morgan fingerprint density at radius 3 is 2.61 bits per heavy atom. The molecule has 1 heterocycles. The summed E-state index contributed by atoms with van der Waals surface area (Å²) in [5.41, 5.74) is 0.729. The first-order valence-corrected chi connectivity index (χ1v) is 4.93. The Morgan fingerprint density at radius 2 is 2.06 bits per heavy atom. The largest absolute Gasteiger partial charge is 0.573 e. The van der Waals surface area contributed by atoms with Crippen molar-refractivity contribution in [2.24, 2.45) is 7.05 Å². The summed E-state index contributed by atoms with van der Waals surface area (Å²) in [5, 5.41) is 13.5. The van der Waals surface area contributed by atoms with E-state index in [9.17, 15) is 18.3 Å². The first-order valence-electron chi connectivity index (χ1n) is 4.93. The van der Waals surface area contributed by atoms with Crippen LogP contribution in [0.25, 0.3) is 11.1 Å². The van der Waals surface area contributed by atoms with Gasteiger partial charge in [0.1, 0.15) is 11.5 Å². The van der Waals surface area contributed by atoms with Crippen LogP contribution >= 0.6 is 0 Å². The van der Waals surface area contributed by atoms with E-state index in [4.69, 9.17) is 0 Å². The molecule has 7 heteroatoms. The zero-order valence-corrected chi connectivity index (χ0v) is 9.27. The van der Waals surface area contributed by atoms with Crippen LogP contribution in [0.5, 0.6) is 11.5 Å². The Bertz CT molecular complexity index is 564. The number of aromatic hydroxyl groups is 1. The number of ether oxygens (including phenoxy) is 1. The summed E-state index contributed by atoms with van der Waals surface area (Å²) < 4.78 is 41.5. The zero-order valence-electron chi connectivity index (χ0n) is 9.27. The van der Waals surface area contributed by atoms with Gasteiger partial charge in [-0.25, -0.2) is 0 Å². The fraction of sp³-hybridized carbons (Fsp3) is 0.182. The van der Waals surface area contributed by atoms with Gasteiger partial charge < -0.3 is 9.84 Å². The standard InChI is InChI=1S/C11H9F3N2O2/c1-16-6-7(5-15-16)9-4-8(2-3-10(9)17)18-11(12,13)14/h2-6,17H,1H3. The first kappa shape index (κ1) is 12.3. The predicted octanol–water partition coefficient (Wildman–Crippen LogP) is 2.69. The Kier molecular flexibility index (Phi) is 2.90. The highest BCUT2D eigenvalue weighted by Gasteiger charge is 2.31. The second-order valence-corrected chi connectivity index (χ2v) is 3.63. The number of halogens is 3. The van der Waals surface area contributed by atoms with Crippen molar-refractivity contribution >= 4 is 0 Å². The molecule has 0 amide bonds. The molecule has 0 fully saturated rings. The summed E-state index contributed by atoms with van der Waals surface area (Å²) in [6.45, 7) is 0. The van der Waals surface area contributed by atoms with Crippen LogP contribution in [-0.4, -0.2) is 21.2 Å². The third-order valence-electron chi connectivity index (χ3n) is 2.22. The molecular weight excluding hydrogens is 249 g/mol. The molecule has 1 aromatic heterocycles. The van der Waals surface area contributed by atoms with Crippen molar-refractivity contribution in [2.75, 3.05) is 0 Å². The van der Waals surface area contributed by atoms with Crippen molar-refractivity contribution in [1.29, 1.82) is 0 Å². The van der Waals surface area contributed by atoms with Gasteiger partial charge in [-0.3, -0.25) is 4.68 Å². The van der Waals surface area contributed by atoms with Crippen LogP contribution in [0.1, 0.15) is 0 Å². The molecule has 0 radical (unpaired) electrons. The minimum atomic E-state index is -4.76. The van der Waals surface area contributed by atoms with Crippen molar-refractivity contribution in [3.8, 4) is 22.6 Å². The second kappa shape index (κ2) is 4.25. The van der Waals surface area contributed by atoms with E-state index in [1.54, 1.807) is 13.2 Å². The van der Waals surface area contributed by atoms with Gasteiger partial charge in [-0.05, 0) is 18.2 Å². The minimum absolute atomic E-state index is 0.141. The Balaban J connectivity index is 2.39. The normalized spacial score (nSPS) is 11.6. The summed E-state index contributed by atoms with van der Waals surface area (Å²) in [4.78, 5) is 0. The second-order valence-electron chi connectivity index (χ2n) is 3.63. The van der Waals surface area contributed by atoms with Crippen molar-refractivity contribution < 1.29 is 23.0 Å². The van der Waals surface area contributed by atoms with E-state index in [1.165, 1.54) is 10.9 Å². The number of rotatable bonds is 2. The molecule has 0 saturated heterocycles. The number of aryl methyl sites for hydroxylation is 1. The monoisotopic (exact) mass is 258 g/mol. The molecule has 4 nitrogen and oxygen atoms in total. The maximum absolute atomic E-state index is 12.1. The zero-order chi connectivity index (χ0) is 13.3.